The molecule has 0 amide bonds. The van der Waals surface area contributed by atoms with Crippen molar-refractivity contribution in [2.45, 2.75) is 25.3 Å². The van der Waals surface area contributed by atoms with Crippen LogP contribution in [0.2, 0.25) is 0 Å². The van der Waals surface area contributed by atoms with Crippen molar-refractivity contribution in [3.8, 4) is 0 Å². The lowest BCUT2D eigenvalue weighted by Gasteiger charge is -2.22. The number of hydrogen-bond acceptors (Lipinski definition) is 5. The summed E-state index contributed by atoms with van der Waals surface area (Å²) in [6.45, 7) is 0.826. The first-order valence-electron chi connectivity index (χ1n) is 4.89. The summed E-state index contributed by atoms with van der Waals surface area (Å²) in [6, 6.07) is 0.0206. The summed E-state index contributed by atoms with van der Waals surface area (Å²) in [5.41, 5.74) is 0. The van der Waals surface area contributed by atoms with Gasteiger partial charge in [0.1, 0.15) is 0 Å². The quantitative estimate of drug-likeness (QED) is 0.735. The second kappa shape index (κ2) is 3.84. The second-order valence-corrected chi connectivity index (χ2v) is 3.69. The van der Waals surface area contributed by atoms with Crippen molar-refractivity contribution >= 4 is 11.9 Å². The molecule has 0 radical (unpaired) electrons. The van der Waals surface area contributed by atoms with E-state index in [0.29, 0.717) is 5.95 Å². The van der Waals surface area contributed by atoms with Crippen molar-refractivity contribution in [3.05, 3.63) is 0 Å². The Bertz CT molecular complexity index is 364. The first-order chi connectivity index (χ1) is 7.18. The number of hydrogen-bond donors (Lipinski definition) is 1. The van der Waals surface area contributed by atoms with Gasteiger partial charge in [0, 0.05) is 19.6 Å². The molecule has 0 saturated carbocycles. The number of carboxylic acid groups (broad SMARTS) is 1. The van der Waals surface area contributed by atoms with E-state index in [1.807, 2.05) is 4.90 Å². The predicted molar refractivity (Wildman–Crippen MR) is 51.4 cm³/mol. The van der Waals surface area contributed by atoms with Gasteiger partial charge in [-0.2, -0.15) is 0 Å². The number of tetrazole rings is 1. The summed E-state index contributed by atoms with van der Waals surface area (Å²) in [5.74, 6) is -0.124. The van der Waals surface area contributed by atoms with Gasteiger partial charge in [0.2, 0.25) is 5.95 Å². The molecule has 0 bridgehead atoms. The van der Waals surface area contributed by atoms with Crippen LogP contribution in [0, 0.1) is 0 Å². The summed E-state index contributed by atoms with van der Waals surface area (Å²) in [7, 11) is 1.76. The van der Waals surface area contributed by atoms with Crippen molar-refractivity contribution in [2.24, 2.45) is 7.05 Å². The molecule has 2 heterocycles. The smallest absolute Gasteiger partial charge is 0.305 e. The Morgan fingerprint density at radius 1 is 1.67 bits per heavy atom. The van der Waals surface area contributed by atoms with Crippen LogP contribution in [0.15, 0.2) is 0 Å². The Morgan fingerprint density at radius 3 is 3.07 bits per heavy atom. The van der Waals surface area contributed by atoms with E-state index in [2.05, 4.69) is 15.5 Å². The van der Waals surface area contributed by atoms with Gasteiger partial charge in [-0.1, -0.05) is 5.10 Å². The number of nitrogens with zero attached hydrogens (tertiary/aromatic N) is 5. The molecule has 1 aliphatic rings. The van der Waals surface area contributed by atoms with Crippen molar-refractivity contribution in [3.63, 3.8) is 0 Å². The van der Waals surface area contributed by atoms with Crippen LogP contribution < -0.4 is 4.90 Å². The van der Waals surface area contributed by atoms with E-state index in [1.54, 1.807) is 11.7 Å². The third-order valence-corrected chi connectivity index (χ3v) is 2.64. The van der Waals surface area contributed by atoms with Gasteiger partial charge in [0.05, 0.1) is 6.42 Å². The average molecular weight is 211 g/mol. The molecule has 15 heavy (non-hydrogen) atoms. The summed E-state index contributed by atoms with van der Waals surface area (Å²) in [6.07, 6.45) is 2.02. The van der Waals surface area contributed by atoms with Gasteiger partial charge in [-0.05, 0) is 23.3 Å². The number of anilines is 1. The highest BCUT2D eigenvalue weighted by atomic mass is 16.4. The third kappa shape index (κ3) is 1.90. The SMILES string of the molecule is Cn1nnnc1N1CCCC1CC(=O)O. The molecule has 7 heteroatoms. The maximum Gasteiger partial charge on any atom is 0.305 e. The second-order valence-electron chi connectivity index (χ2n) is 3.69. The highest BCUT2D eigenvalue weighted by Crippen LogP contribution is 2.24. The molecule has 1 aromatic rings. The Hall–Kier alpha value is -1.66. The van der Waals surface area contributed by atoms with Crippen LogP contribution in [0.4, 0.5) is 5.95 Å². The Labute approximate surface area is 86.7 Å². The Morgan fingerprint density at radius 2 is 2.47 bits per heavy atom. The van der Waals surface area contributed by atoms with Crippen molar-refractivity contribution in [2.75, 3.05) is 11.4 Å². The van der Waals surface area contributed by atoms with Gasteiger partial charge >= 0.3 is 5.97 Å². The van der Waals surface area contributed by atoms with Gasteiger partial charge in [-0.15, -0.1) is 0 Å². The molecular formula is C8H13N5O2. The fraction of sp³-hybridized carbons (Fsp3) is 0.750. The molecule has 0 aliphatic carbocycles. The Balaban J connectivity index is 2.14. The molecule has 1 atom stereocenters. The summed E-state index contributed by atoms with van der Waals surface area (Å²) < 4.78 is 1.57. The molecule has 0 spiro atoms. The minimum atomic E-state index is -0.776. The van der Waals surface area contributed by atoms with Crippen LogP contribution in [0.1, 0.15) is 19.3 Å². The molecule has 1 saturated heterocycles. The summed E-state index contributed by atoms with van der Waals surface area (Å²) in [5, 5.41) is 20.0. The Kier molecular flexibility index (Phi) is 2.53. The van der Waals surface area contributed by atoms with E-state index < -0.39 is 5.97 Å². The highest BCUT2D eigenvalue weighted by Gasteiger charge is 2.29. The van der Waals surface area contributed by atoms with Gasteiger partial charge in [0.25, 0.3) is 0 Å². The van der Waals surface area contributed by atoms with E-state index in [-0.39, 0.29) is 12.5 Å². The largest absolute Gasteiger partial charge is 0.481 e. The van der Waals surface area contributed by atoms with Crippen LogP contribution in [0.5, 0.6) is 0 Å². The normalized spacial score (nSPS) is 20.9. The van der Waals surface area contributed by atoms with Crippen molar-refractivity contribution in [1.29, 1.82) is 0 Å². The van der Waals surface area contributed by atoms with E-state index in [9.17, 15) is 4.79 Å². The van der Waals surface area contributed by atoms with Crippen LogP contribution >= 0.6 is 0 Å². The molecule has 1 N–H and O–H groups in total. The topological polar surface area (TPSA) is 84.1 Å². The standard InChI is InChI=1S/C8H13N5O2/c1-12-8(9-10-11-12)13-4-2-3-6(13)5-7(14)15/h6H,2-5H2,1H3,(H,14,15). The maximum absolute atomic E-state index is 10.7. The maximum atomic E-state index is 10.7. The number of aromatic nitrogens is 4. The van der Waals surface area contributed by atoms with Gasteiger partial charge in [-0.3, -0.25) is 4.79 Å². The highest BCUT2D eigenvalue weighted by molar-refractivity contribution is 5.68. The number of carboxylic acids is 1. The molecule has 1 aliphatic heterocycles. The fourth-order valence-corrected chi connectivity index (χ4v) is 1.98. The molecule has 7 nitrogen and oxygen atoms in total. The van der Waals surface area contributed by atoms with Gasteiger partial charge in [0.15, 0.2) is 0 Å². The van der Waals surface area contributed by atoms with Crippen LogP contribution in [0.25, 0.3) is 0 Å². The van der Waals surface area contributed by atoms with Crippen molar-refractivity contribution in [1.82, 2.24) is 20.2 Å². The number of rotatable bonds is 3. The van der Waals surface area contributed by atoms with E-state index in [4.69, 9.17) is 5.11 Å². The third-order valence-electron chi connectivity index (χ3n) is 2.64. The van der Waals surface area contributed by atoms with Crippen LogP contribution in [0.3, 0.4) is 0 Å². The van der Waals surface area contributed by atoms with Crippen LogP contribution in [-0.4, -0.2) is 43.9 Å². The van der Waals surface area contributed by atoms with E-state index in [1.165, 1.54) is 0 Å². The predicted octanol–water partition coefficient (Wildman–Crippen LogP) is -0.346. The zero-order chi connectivity index (χ0) is 10.8. The molecule has 2 rings (SSSR count). The van der Waals surface area contributed by atoms with E-state index in [0.717, 1.165) is 19.4 Å². The lowest BCUT2D eigenvalue weighted by Crippen LogP contribution is -2.33. The molecule has 0 aromatic carbocycles. The lowest BCUT2D eigenvalue weighted by molar-refractivity contribution is -0.137. The first-order valence-corrected chi connectivity index (χ1v) is 4.89. The van der Waals surface area contributed by atoms with Gasteiger partial charge in [-0.25, -0.2) is 4.68 Å². The average Bonchev–Trinajstić information content (AvgIpc) is 2.73. The molecular weight excluding hydrogens is 198 g/mol. The number of aryl methyl sites for hydroxylation is 1. The molecule has 1 aromatic heterocycles. The lowest BCUT2D eigenvalue weighted by atomic mass is 10.1. The number of carbonyl (C=O) groups is 1. The monoisotopic (exact) mass is 211 g/mol. The summed E-state index contributed by atoms with van der Waals surface area (Å²) in [4.78, 5) is 12.6. The van der Waals surface area contributed by atoms with Gasteiger partial charge < -0.3 is 10.0 Å². The minimum absolute atomic E-state index is 0.0206. The first kappa shape index (κ1) is 9.88. The minimum Gasteiger partial charge on any atom is -0.481 e. The molecule has 1 unspecified atom stereocenters. The molecule has 82 valence electrons. The summed E-state index contributed by atoms with van der Waals surface area (Å²) >= 11 is 0. The zero-order valence-corrected chi connectivity index (χ0v) is 8.50. The fourth-order valence-electron chi connectivity index (χ4n) is 1.98. The zero-order valence-electron chi connectivity index (χ0n) is 8.50. The van der Waals surface area contributed by atoms with E-state index >= 15 is 0 Å². The number of aliphatic carboxylic acids is 1. The van der Waals surface area contributed by atoms with Crippen molar-refractivity contribution < 1.29 is 9.90 Å². The van der Waals surface area contributed by atoms with Crippen LogP contribution in [-0.2, 0) is 11.8 Å². The molecule has 1 fully saturated rings.